The average molecular weight is 1000 g/mol. The van der Waals surface area contributed by atoms with Crippen LogP contribution in [0.3, 0.4) is 0 Å². The second-order valence-electron chi connectivity index (χ2n) is 18.6. The highest BCUT2D eigenvalue weighted by molar-refractivity contribution is 6.31. The fourth-order valence-corrected chi connectivity index (χ4v) is 7.71. The smallest absolute Gasteiger partial charge is 0.334 e. The van der Waals surface area contributed by atoms with Crippen molar-refractivity contribution in [2.45, 2.75) is 90.7 Å². The third kappa shape index (κ3) is 15.9. The largest absolute Gasteiger partial charge is 0.416 e. The van der Waals surface area contributed by atoms with Crippen molar-refractivity contribution in [3.63, 3.8) is 0 Å². The number of amides is 2. The Hall–Kier alpha value is -5.36. The molecule has 6 rings (SSSR count). The zero-order valence-corrected chi connectivity index (χ0v) is 40.7. The first-order valence-corrected chi connectivity index (χ1v) is 22.8. The molecule has 4 nitrogen and oxygen atoms in total. The molecule has 6 aromatic carbocycles. The van der Waals surface area contributed by atoms with Gasteiger partial charge in [0.1, 0.15) is 5.82 Å². The van der Waals surface area contributed by atoms with Gasteiger partial charge in [-0.3, -0.25) is 9.59 Å². The second kappa shape index (κ2) is 22.4. The molecule has 14 heteroatoms. The lowest BCUT2D eigenvalue weighted by Crippen LogP contribution is -2.32. The molecular weight excluding hydrogens is 948 g/mol. The molecule has 360 valence electrons. The minimum absolute atomic E-state index is 0.0165. The average Bonchev–Trinajstić information content (AvgIpc) is 3.26. The molecule has 68 heavy (non-hydrogen) atoms. The first-order chi connectivity index (χ1) is 31.6. The number of hydrogen-bond donors (Lipinski definition) is 0. The van der Waals surface area contributed by atoms with Gasteiger partial charge < -0.3 is 9.80 Å². The third-order valence-electron chi connectivity index (χ3n) is 11.1. The van der Waals surface area contributed by atoms with Crippen LogP contribution in [0.5, 0.6) is 0 Å². The van der Waals surface area contributed by atoms with Crippen molar-refractivity contribution in [3.8, 4) is 0 Å². The number of carbonyl (C=O) groups is 2. The van der Waals surface area contributed by atoms with Crippen LogP contribution >= 0.6 is 34.8 Å². The molecule has 0 saturated carbocycles. The van der Waals surface area contributed by atoms with Gasteiger partial charge in [-0.15, -0.1) is 0 Å². The zero-order chi connectivity index (χ0) is 50.2. The summed E-state index contributed by atoms with van der Waals surface area (Å²) in [5, 5.41) is 0.311. The van der Waals surface area contributed by atoms with E-state index in [0.717, 1.165) is 57.6 Å². The van der Waals surface area contributed by atoms with Crippen molar-refractivity contribution >= 4 is 46.6 Å². The number of benzene rings is 6. The van der Waals surface area contributed by atoms with Crippen molar-refractivity contribution in [3.05, 3.63) is 210 Å². The van der Waals surface area contributed by atoms with Crippen LogP contribution in [0.15, 0.2) is 133 Å². The molecule has 0 saturated heterocycles. The van der Waals surface area contributed by atoms with Crippen LogP contribution in [0, 0.1) is 5.82 Å². The minimum atomic E-state index is -4.62. The van der Waals surface area contributed by atoms with Gasteiger partial charge in [0.2, 0.25) is 0 Å². The van der Waals surface area contributed by atoms with Gasteiger partial charge in [-0.2, -0.15) is 26.3 Å². The SMILES string of the molecule is CC(C)(C)c1ccc(CN(CCc2ccc(Cl)cc2)C(=O)c2cc(Cl)cc(C(F)(F)F)c2)cc1.CC(C)(C)c1ccc(CN(CCc2ccc(F)cc2)C(=O)c2cc(Cl)cc(C(F)(F)F)c2)cc1. The third-order valence-corrected chi connectivity index (χ3v) is 11.8. The van der Waals surface area contributed by atoms with Gasteiger partial charge >= 0.3 is 12.4 Å². The van der Waals surface area contributed by atoms with Crippen LogP contribution in [0.1, 0.15) is 107 Å². The van der Waals surface area contributed by atoms with Gasteiger partial charge in [-0.1, -0.05) is 149 Å². The summed E-state index contributed by atoms with van der Waals surface area (Å²) >= 11 is 17.8. The van der Waals surface area contributed by atoms with Crippen LogP contribution in [0.25, 0.3) is 0 Å². The van der Waals surface area contributed by atoms with E-state index < -0.39 is 35.3 Å². The van der Waals surface area contributed by atoms with Crippen molar-refractivity contribution < 1.29 is 40.3 Å². The van der Waals surface area contributed by atoms with Crippen LogP contribution in [0.2, 0.25) is 15.1 Å². The Kier molecular flexibility index (Phi) is 17.6. The predicted molar refractivity (Wildman–Crippen MR) is 258 cm³/mol. The van der Waals surface area contributed by atoms with Crippen molar-refractivity contribution in [1.29, 1.82) is 0 Å². The highest BCUT2D eigenvalue weighted by Crippen LogP contribution is 2.34. The molecule has 6 aromatic rings. The molecule has 0 N–H and O–H groups in total. The van der Waals surface area contributed by atoms with E-state index in [-0.39, 0.29) is 57.5 Å². The van der Waals surface area contributed by atoms with E-state index in [9.17, 15) is 40.3 Å². The molecule has 2 amide bonds. The van der Waals surface area contributed by atoms with Gasteiger partial charge in [-0.25, -0.2) is 4.39 Å². The number of alkyl halides is 6. The summed E-state index contributed by atoms with van der Waals surface area (Å²) in [6.45, 7) is 13.6. The number of hydrogen-bond acceptors (Lipinski definition) is 2. The monoisotopic (exact) mass is 998 g/mol. The Labute approximate surface area is 408 Å². The summed E-state index contributed by atoms with van der Waals surface area (Å²) in [5.74, 6) is -1.44. The van der Waals surface area contributed by atoms with Crippen LogP contribution < -0.4 is 0 Å². The molecule has 0 radical (unpaired) electrons. The second-order valence-corrected chi connectivity index (χ2v) is 19.9. The molecule has 0 bridgehead atoms. The van der Waals surface area contributed by atoms with Gasteiger partial charge in [0.15, 0.2) is 0 Å². The van der Waals surface area contributed by atoms with Gasteiger partial charge in [-0.05, 0) is 118 Å². The van der Waals surface area contributed by atoms with Crippen molar-refractivity contribution in [2.24, 2.45) is 0 Å². The van der Waals surface area contributed by atoms with Crippen LogP contribution in [-0.4, -0.2) is 34.7 Å². The summed E-state index contributed by atoms with van der Waals surface area (Å²) in [7, 11) is 0. The van der Waals surface area contributed by atoms with Crippen molar-refractivity contribution in [1.82, 2.24) is 9.80 Å². The van der Waals surface area contributed by atoms with E-state index >= 15 is 0 Å². The lowest BCUT2D eigenvalue weighted by Gasteiger charge is -2.25. The first-order valence-electron chi connectivity index (χ1n) is 21.7. The molecule has 0 atom stereocenters. The molecule has 0 unspecified atom stereocenters. The van der Waals surface area contributed by atoms with Crippen LogP contribution in [0.4, 0.5) is 30.7 Å². The normalized spacial score (nSPS) is 12.0. The van der Waals surface area contributed by atoms with E-state index in [0.29, 0.717) is 24.4 Å². The number of carbonyl (C=O) groups excluding carboxylic acids is 2. The Balaban J connectivity index is 0.000000254. The number of nitrogens with zero attached hydrogens (tertiary/aromatic N) is 2. The molecule has 0 aromatic heterocycles. The zero-order valence-electron chi connectivity index (χ0n) is 38.4. The standard InChI is InChI=1S/C27H26Cl2F3NO.C27H26ClF4NO/c1-26(2,3)21-8-4-19(5-9-21)17-33(13-12-18-6-10-23(28)11-7-18)25(34)20-14-22(27(30,31)32)16-24(29)15-20;1-26(2,3)21-8-4-19(5-9-21)17-33(13-12-18-6-10-24(29)11-7-18)25(34)20-14-22(27(30,31)32)16-23(28)15-20/h2*4-11,14-16H,12-13,17H2,1-3H3. The Morgan fingerprint density at radius 3 is 1.07 bits per heavy atom. The van der Waals surface area contributed by atoms with E-state index in [1.165, 1.54) is 29.2 Å². The maximum absolute atomic E-state index is 13.4. The maximum atomic E-state index is 13.4. The Morgan fingerprint density at radius 1 is 0.426 bits per heavy atom. The molecular formula is C54H52Cl3F7N2O2. The first kappa shape index (κ1) is 53.6. The molecule has 0 aliphatic heterocycles. The topological polar surface area (TPSA) is 40.6 Å². The fourth-order valence-electron chi connectivity index (χ4n) is 7.11. The minimum Gasteiger partial charge on any atom is -0.334 e. The number of rotatable bonds is 12. The fraction of sp³-hybridized carbons (Fsp3) is 0.296. The summed E-state index contributed by atoms with van der Waals surface area (Å²) in [4.78, 5) is 29.7. The van der Waals surface area contributed by atoms with Crippen LogP contribution in [-0.2, 0) is 49.1 Å². The van der Waals surface area contributed by atoms with E-state index in [2.05, 4.69) is 41.5 Å². The lowest BCUT2D eigenvalue weighted by atomic mass is 9.86. The molecule has 0 aliphatic rings. The van der Waals surface area contributed by atoms with Gasteiger partial charge in [0, 0.05) is 52.4 Å². The molecule has 0 aliphatic carbocycles. The quantitative estimate of drug-likeness (QED) is 0.115. The predicted octanol–water partition coefficient (Wildman–Crippen LogP) is 15.9. The highest BCUT2D eigenvalue weighted by atomic mass is 35.5. The Bertz CT molecular complexity index is 2450. The summed E-state index contributed by atoms with van der Waals surface area (Å²) < 4.78 is 93.0. The van der Waals surface area contributed by atoms with Gasteiger partial charge in [0.05, 0.1) is 11.1 Å². The Morgan fingerprint density at radius 2 is 0.750 bits per heavy atom. The van der Waals surface area contributed by atoms with Crippen molar-refractivity contribution in [2.75, 3.05) is 13.1 Å². The van der Waals surface area contributed by atoms with E-state index in [1.807, 2.05) is 60.7 Å². The highest BCUT2D eigenvalue weighted by Gasteiger charge is 2.33. The summed E-state index contributed by atoms with van der Waals surface area (Å²) in [6, 6.07) is 34.7. The van der Waals surface area contributed by atoms with Gasteiger partial charge in [0.25, 0.3) is 11.8 Å². The maximum Gasteiger partial charge on any atom is 0.416 e. The molecule has 0 heterocycles. The lowest BCUT2D eigenvalue weighted by molar-refractivity contribution is -0.138. The summed E-state index contributed by atoms with van der Waals surface area (Å²) in [5.41, 5.74) is 3.58. The summed E-state index contributed by atoms with van der Waals surface area (Å²) in [6.07, 6.45) is -8.28. The molecule has 0 spiro atoms. The van der Waals surface area contributed by atoms with E-state index in [1.54, 1.807) is 29.2 Å². The van der Waals surface area contributed by atoms with E-state index in [4.69, 9.17) is 34.8 Å². The molecule has 0 fully saturated rings. The number of halogens is 10.